The minimum absolute atomic E-state index is 0.103. The Bertz CT molecular complexity index is 224. The molecule has 0 aromatic carbocycles. The van der Waals surface area contributed by atoms with Gasteiger partial charge in [-0.2, -0.15) is 0 Å². The molecule has 0 rings (SSSR count). The van der Waals surface area contributed by atoms with Crippen LogP contribution in [0.3, 0.4) is 0 Å². The molecule has 0 heterocycles. The molecule has 0 saturated carbocycles. The van der Waals surface area contributed by atoms with E-state index in [0.717, 1.165) is 0 Å². The van der Waals surface area contributed by atoms with Crippen molar-refractivity contribution >= 4 is 11.6 Å². The number of Topliss-reactive ketones (excluding diaryl/α,β-unsaturated/α-hetero) is 1. The third kappa shape index (κ3) is 7.19. The summed E-state index contributed by atoms with van der Waals surface area (Å²) < 4.78 is 0. The lowest BCUT2D eigenvalue weighted by molar-refractivity contribution is -0.118. The lowest BCUT2D eigenvalue weighted by Crippen LogP contribution is -1.90. The predicted molar refractivity (Wildman–Crippen MR) is 53.5 cm³/mol. The highest BCUT2D eigenvalue weighted by Crippen LogP contribution is 1.91. The molecule has 0 radical (unpaired) electrons. The molecule has 0 aromatic heterocycles. The van der Waals surface area contributed by atoms with Crippen molar-refractivity contribution in [3.63, 3.8) is 0 Å². The lowest BCUT2D eigenvalue weighted by atomic mass is 10.2. The zero-order chi connectivity index (χ0) is 10.1. The Morgan fingerprint density at radius 1 is 1.08 bits per heavy atom. The summed E-state index contributed by atoms with van der Waals surface area (Å²) in [6, 6.07) is 0. The van der Waals surface area contributed by atoms with Gasteiger partial charge in [0.15, 0.2) is 5.78 Å². The average Bonchev–Trinajstić information content (AvgIpc) is 2.16. The van der Waals surface area contributed by atoms with Gasteiger partial charge in [-0.15, -0.1) is 0 Å². The molecule has 0 aliphatic heterocycles. The van der Waals surface area contributed by atoms with Crippen LogP contribution in [0.25, 0.3) is 0 Å². The first-order valence-electron chi connectivity index (χ1n) is 4.58. The second kappa shape index (κ2) is 7.47. The second-order valence-electron chi connectivity index (χ2n) is 2.70. The van der Waals surface area contributed by atoms with Gasteiger partial charge in [-0.05, 0) is 6.08 Å². The van der Waals surface area contributed by atoms with Crippen LogP contribution in [0.5, 0.6) is 0 Å². The first kappa shape index (κ1) is 11.8. The summed E-state index contributed by atoms with van der Waals surface area (Å²) in [4.78, 5) is 21.6. The fourth-order valence-corrected chi connectivity index (χ4v) is 0.703. The number of carbonyl (C=O) groups is 2. The summed E-state index contributed by atoms with van der Waals surface area (Å²) in [6.45, 7) is 3.66. The lowest BCUT2D eigenvalue weighted by Gasteiger charge is -1.86. The van der Waals surface area contributed by atoms with E-state index in [1.807, 2.05) is 13.8 Å². The Kier molecular flexibility index (Phi) is 6.79. The zero-order valence-electron chi connectivity index (χ0n) is 8.25. The van der Waals surface area contributed by atoms with Crippen molar-refractivity contribution in [3.05, 3.63) is 24.3 Å². The van der Waals surface area contributed by atoms with Crippen LogP contribution < -0.4 is 0 Å². The number of rotatable bonds is 6. The highest BCUT2D eigenvalue weighted by Gasteiger charge is 1.91. The molecule has 0 spiro atoms. The van der Waals surface area contributed by atoms with E-state index in [4.69, 9.17) is 0 Å². The van der Waals surface area contributed by atoms with Crippen molar-refractivity contribution in [1.82, 2.24) is 0 Å². The average molecular weight is 180 g/mol. The van der Waals surface area contributed by atoms with E-state index in [1.165, 1.54) is 6.08 Å². The number of hydrogen-bond donors (Lipinski definition) is 0. The van der Waals surface area contributed by atoms with Gasteiger partial charge in [0.1, 0.15) is 5.78 Å². The number of allylic oxidation sites excluding steroid dienone is 4. The largest absolute Gasteiger partial charge is 0.299 e. The molecule has 0 unspecified atom stereocenters. The van der Waals surface area contributed by atoms with Gasteiger partial charge >= 0.3 is 0 Å². The van der Waals surface area contributed by atoms with Crippen LogP contribution in [0, 0.1) is 0 Å². The van der Waals surface area contributed by atoms with Crippen LogP contribution in [0.4, 0.5) is 0 Å². The van der Waals surface area contributed by atoms with Crippen molar-refractivity contribution < 1.29 is 9.59 Å². The SMILES string of the molecule is CCC(=O)C=CC=CCC(=O)CC. The Balaban J connectivity index is 3.69. The molecule has 0 fully saturated rings. The van der Waals surface area contributed by atoms with E-state index in [9.17, 15) is 9.59 Å². The van der Waals surface area contributed by atoms with Crippen molar-refractivity contribution in [3.8, 4) is 0 Å². The molecule has 0 aliphatic rings. The second-order valence-corrected chi connectivity index (χ2v) is 2.70. The van der Waals surface area contributed by atoms with Crippen molar-refractivity contribution in [1.29, 1.82) is 0 Å². The van der Waals surface area contributed by atoms with Crippen molar-refractivity contribution in [2.45, 2.75) is 33.1 Å². The fourth-order valence-electron chi connectivity index (χ4n) is 0.703. The van der Waals surface area contributed by atoms with E-state index in [0.29, 0.717) is 19.3 Å². The number of carbonyl (C=O) groups excluding carboxylic acids is 2. The molecule has 2 heteroatoms. The molecule has 0 atom stereocenters. The molecule has 0 aliphatic carbocycles. The van der Waals surface area contributed by atoms with Gasteiger partial charge in [-0.3, -0.25) is 9.59 Å². The molecule has 13 heavy (non-hydrogen) atoms. The first-order valence-corrected chi connectivity index (χ1v) is 4.58. The van der Waals surface area contributed by atoms with E-state index >= 15 is 0 Å². The maximum atomic E-state index is 10.8. The minimum atomic E-state index is 0.103. The molecule has 0 saturated heterocycles. The maximum Gasteiger partial charge on any atom is 0.155 e. The molecule has 0 bridgehead atoms. The van der Waals surface area contributed by atoms with Gasteiger partial charge in [0.05, 0.1) is 0 Å². The van der Waals surface area contributed by atoms with E-state index in [2.05, 4.69) is 0 Å². The van der Waals surface area contributed by atoms with Gasteiger partial charge in [0, 0.05) is 19.3 Å². The zero-order valence-corrected chi connectivity index (χ0v) is 8.25. The summed E-state index contributed by atoms with van der Waals surface area (Å²) in [7, 11) is 0. The van der Waals surface area contributed by atoms with Crippen molar-refractivity contribution in [2.75, 3.05) is 0 Å². The Hall–Kier alpha value is -1.18. The van der Waals surface area contributed by atoms with Crippen LogP contribution in [0.1, 0.15) is 33.1 Å². The highest BCUT2D eigenvalue weighted by molar-refractivity contribution is 5.89. The van der Waals surface area contributed by atoms with Gasteiger partial charge in [0.25, 0.3) is 0 Å². The summed E-state index contributed by atoms with van der Waals surface area (Å²) in [6.07, 6.45) is 8.26. The topological polar surface area (TPSA) is 34.1 Å². The third-order valence-electron chi connectivity index (χ3n) is 1.62. The Morgan fingerprint density at radius 2 is 1.77 bits per heavy atom. The molecule has 0 amide bonds. The van der Waals surface area contributed by atoms with Gasteiger partial charge in [-0.1, -0.05) is 32.1 Å². The summed E-state index contributed by atoms with van der Waals surface area (Å²) in [5.41, 5.74) is 0. The number of ketones is 2. The van der Waals surface area contributed by atoms with E-state index in [-0.39, 0.29) is 11.6 Å². The maximum absolute atomic E-state index is 10.8. The molecule has 0 aromatic rings. The molecular formula is C11H16O2. The smallest absolute Gasteiger partial charge is 0.155 e. The summed E-state index contributed by atoms with van der Waals surface area (Å²) >= 11 is 0. The predicted octanol–water partition coefficient (Wildman–Crippen LogP) is 2.45. The fraction of sp³-hybridized carbons (Fsp3) is 0.455. The van der Waals surface area contributed by atoms with E-state index < -0.39 is 0 Å². The summed E-state index contributed by atoms with van der Waals surface area (Å²) in [5, 5.41) is 0. The Labute approximate surface area is 79.3 Å². The van der Waals surface area contributed by atoms with Crippen LogP contribution >= 0.6 is 0 Å². The molecule has 0 N–H and O–H groups in total. The minimum Gasteiger partial charge on any atom is -0.299 e. The molecule has 72 valence electrons. The first-order chi connectivity index (χ1) is 6.20. The number of hydrogen-bond acceptors (Lipinski definition) is 2. The molecule has 2 nitrogen and oxygen atoms in total. The monoisotopic (exact) mass is 180 g/mol. The van der Waals surface area contributed by atoms with Crippen LogP contribution in [0.15, 0.2) is 24.3 Å². The molecular weight excluding hydrogens is 164 g/mol. The van der Waals surface area contributed by atoms with Crippen LogP contribution in [-0.2, 0) is 9.59 Å². The third-order valence-corrected chi connectivity index (χ3v) is 1.62. The van der Waals surface area contributed by atoms with Gasteiger partial charge in [0.2, 0.25) is 0 Å². The van der Waals surface area contributed by atoms with E-state index in [1.54, 1.807) is 18.2 Å². The van der Waals surface area contributed by atoms with Gasteiger partial charge in [-0.25, -0.2) is 0 Å². The summed E-state index contributed by atoms with van der Waals surface area (Å²) in [5.74, 6) is 0.318. The van der Waals surface area contributed by atoms with Gasteiger partial charge < -0.3 is 0 Å². The van der Waals surface area contributed by atoms with Crippen molar-refractivity contribution in [2.24, 2.45) is 0 Å². The van der Waals surface area contributed by atoms with Crippen LogP contribution in [-0.4, -0.2) is 11.6 Å². The normalized spacial score (nSPS) is 11.2. The standard InChI is InChI=1S/C11H16O2/c1-3-10(12)8-6-5-7-9-11(13)4-2/h5-8H,3-4,9H2,1-2H3. The Morgan fingerprint density at radius 3 is 2.31 bits per heavy atom. The quantitative estimate of drug-likeness (QED) is 0.464. The highest BCUT2D eigenvalue weighted by atomic mass is 16.1. The van der Waals surface area contributed by atoms with Crippen LogP contribution in [0.2, 0.25) is 0 Å².